The summed E-state index contributed by atoms with van der Waals surface area (Å²) in [6.45, 7) is 4.36. The first-order valence-corrected chi connectivity index (χ1v) is 9.05. The van der Waals surface area contributed by atoms with Crippen molar-refractivity contribution in [3.05, 3.63) is 21.9 Å². The van der Waals surface area contributed by atoms with Crippen LogP contribution in [0.25, 0.3) is 0 Å². The lowest BCUT2D eigenvalue weighted by Crippen LogP contribution is -2.57. The third-order valence-corrected chi connectivity index (χ3v) is 6.50. The van der Waals surface area contributed by atoms with Gasteiger partial charge in [0, 0.05) is 23.1 Å². The molecule has 1 aromatic rings. The Balaban J connectivity index is 2.35. The molecule has 0 aromatic carbocycles. The second-order valence-electron chi connectivity index (χ2n) is 4.98. The molecular weight excluding hydrogens is 338 g/mol. The van der Waals surface area contributed by atoms with Crippen molar-refractivity contribution in [3.8, 4) is 0 Å². The predicted octanol–water partition coefficient (Wildman–Crippen LogP) is 1.80. The molecule has 126 valence electrons. The van der Waals surface area contributed by atoms with Gasteiger partial charge in [-0.1, -0.05) is 6.92 Å². The minimum absolute atomic E-state index is 0.298. The second kappa shape index (κ2) is 7.35. The fraction of sp³-hybridized carbons (Fsp3) is 0.533. The maximum atomic E-state index is 12.5. The first-order chi connectivity index (χ1) is 11.0. The van der Waals surface area contributed by atoms with Gasteiger partial charge in [0.05, 0.1) is 13.7 Å². The number of methoxy groups -OCH3 is 1. The topological polar surface area (TPSA) is 81.7 Å². The van der Waals surface area contributed by atoms with Crippen LogP contribution in [0.4, 0.5) is 0 Å². The van der Waals surface area contributed by atoms with Crippen LogP contribution in [-0.4, -0.2) is 48.6 Å². The summed E-state index contributed by atoms with van der Waals surface area (Å²) in [6.07, 6.45) is 0. The number of ether oxygens (including phenoxy) is 2. The summed E-state index contributed by atoms with van der Waals surface area (Å²) in [5, 5.41) is 2.74. The average molecular weight is 357 g/mol. The van der Waals surface area contributed by atoms with E-state index in [-0.39, 0.29) is 5.91 Å². The number of hydrogen-bond acceptors (Lipinski definition) is 7. The van der Waals surface area contributed by atoms with Gasteiger partial charge < -0.3 is 14.8 Å². The zero-order chi connectivity index (χ0) is 17.0. The lowest BCUT2D eigenvalue weighted by molar-refractivity contribution is -0.148. The van der Waals surface area contributed by atoms with Crippen LogP contribution < -0.4 is 5.32 Å². The quantitative estimate of drug-likeness (QED) is 0.639. The van der Waals surface area contributed by atoms with Crippen molar-refractivity contribution in [2.75, 3.05) is 26.0 Å². The molecule has 8 heteroatoms. The van der Waals surface area contributed by atoms with E-state index in [1.807, 2.05) is 0 Å². The Morgan fingerprint density at radius 3 is 2.78 bits per heavy atom. The zero-order valence-electron chi connectivity index (χ0n) is 13.2. The van der Waals surface area contributed by atoms with Gasteiger partial charge in [-0.3, -0.25) is 4.79 Å². The van der Waals surface area contributed by atoms with Crippen LogP contribution in [0.3, 0.4) is 0 Å². The highest BCUT2D eigenvalue weighted by molar-refractivity contribution is 8.02. The van der Waals surface area contributed by atoms with E-state index in [1.165, 1.54) is 30.2 Å². The summed E-state index contributed by atoms with van der Waals surface area (Å²) in [5.74, 6) is -1.11. The molecule has 23 heavy (non-hydrogen) atoms. The van der Waals surface area contributed by atoms with Crippen molar-refractivity contribution in [3.63, 3.8) is 0 Å². The Kier molecular flexibility index (Phi) is 5.69. The fourth-order valence-electron chi connectivity index (χ4n) is 2.47. The Morgan fingerprint density at radius 1 is 1.43 bits per heavy atom. The number of rotatable bonds is 5. The maximum absolute atomic E-state index is 12.5. The van der Waals surface area contributed by atoms with Gasteiger partial charge in [-0.2, -0.15) is 0 Å². The SMILES string of the molecule is CCOC(=O)c1ccc(C(C)C2(C(=O)OC)SCCNC2=O)s1. The highest BCUT2D eigenvalue weighted by atomic mass is 32.2. The van der Waals surface area contributed by atoms with Crippen LogP contribution in [-0.2, 0) is 19.1 Å². The molecule has 2 heterocycles. The molecule has 1 aromatic heterocycles. The van der Waals surface area contributed by atoms with E-state index >= 15 is 0 Å². The minimum Gasteiger partial charge on any atom is -0.468 e. The van der Waals surface area contributed by atoms with Gasteiger partial charge >= 0.3 is 11.9 Å². The monoisotopic (exact) mass is 357 g/mol. The molecule has 0 bridgehead atoms. The molecule has 0 radical (unpaired) electrons. The van der Waals surface area contributed by atoms with Crippen LogP contribution in [0.1, 0.15) is 34.3 Å². The van der Waals surface area contributed by atoms with Crippen molar-refractivity contribution in [1.29, 1.82) is 0 Å². The van der Waals surface area contributed by atoms with Crippen molar-refractivity contribution in [2.24, 2.45) is 0 Å². The van der Waals surface area contributed by atoms with Gasteiger partial charge in [-0.05, 0) is 19.1 Å². The van der Waals surface area contributed by atoms with E-state index < -0.39 is 22.6 Å². The molecule has 0 saturated carbocycles. The van der Waals surface area contributed by atoms with E-state index in [0.717, 1.165) is 4.88 Å². The molecule has 0 spiro atoms. The zero-order valence-corrected chi connectivity index (χ0v) is 14.8. The average Bonchev–Trinajstić information content (AvgIpc) is 3.04. The van der Waals surface area contributed by atoms with E-state index in [2.05, 4.69) is 5.32 Å². The largest absolute Gasteiger partial charge is 0.468 e. The standard InChI is InChI=1S/C15H19NO5S2/c1-4-21-12(17)11-6-5-10(23-11)9(2)15(14(19)20-3)13(18)16-7-8-22-15/h5-6,9H,4,7-8H2,1-3H3,(H,16,18). The molecule has 1 fully saturated rings. The highest BCUT2D eigenvalue weighted by Gasteiger charge is 2.54. The van der Waals surface area contributed by atoms with E-state index in [1.54, 1.807) is 26.0 Å². The number of carbonyl (C=O) groups is 3. The smallest absolute Gasteiger partial charge is 0.348 e. The number of thiophene rings is 1. The van der Waals surface area contributed by atoms with Crippen molar-refractivity contribution in [1.82, 2.24) is 5.32 Å². The van der Waals surface area contributed by atoms with Gasteiger partial charge in [-0.15, -0.1) is 23.1 Å². The van der Waals surface area contributed by atoms with Crippen LogP contribution in [0.5, 0.6) is 0 Å². The third kappa shape index (κ3) is 3.23. The van der Waals surface area contributed by atoms with Crippen LogP contribution >= 0.6 is 23.1 Å². The van der Waals surface area contributed by atoms with Gasteiger partial charge in [0.25, 0.3) is 0 Å². The number of nitrogens with one attached hydrogen (secondary N) is 1. The molecule has 1 amide bonds. The summed E-state index contributed by atoms with van der Waals surface area (Å²) in [7, 11) is 1.28. The molecule has 6 nitrogen and oxygen atoms in total. The summed E-state index contributed by atoms with van der Waals surface area (Å²) >= 11 is 2.52. The molecule has 2 rings (SSSR count). The predicted molar refractivity (Wildman–Crippen MR) is 88.9 cm³/mol. The summed E-state index contributed by atoms with van der Waals surface area (Å²) in [4.78, 5) is 37.8. The van der Waals surface area contributed by atoms with Crippen LogP contribution in [0.15, 0.2) is 12.1 Å². The van der Waals surface area contributed by atoms with Crippen molar-refractivity contribution >= 4 is 40.9 Å². The third-order valence-electron chi connectivity index (χ3n) is 3.68. The maximum Gasteiger partial charge on any atom is 0.348 e. The molecular formula is C15H19NO5S2. The van der Waals surface area contributed by atoms with Gasteiger partial charge in [0.15, 0.2) is 4.75 Å². The Bertz CT molecular complexity index is 605. The van der Waals surface area contributed by atoms with Crippen molar-refractivity contribution < 1.29 is 23.9 Å². The summed E-state index contributed by atoms with van der Waals surface area (Å²) in [6, 6.07) is 3.42. The normalized spacial score (nSPS) is 22.1. The molecule has 1 aliphatic rings. The highest BCUT2D eigenvalue weighted by Crippen LogP contribution is 2.44. The Labute approximate surface area is 142 Å². The van der Waals surface area contributed by atoms with Gasteiger partial charge in [0.1, 0.15) is 4.88 Å². The molecule has 0 aliphatic carbocycles. The summed E-state index contributed by atoms with van der Waals surface area (Å²) < 4.78 is 8.54. The molecule has 2 atom stereocenters. The Hall–Kier alpha value is -1.54. The van der Waals surface area contributed by atoms with Crippen molar-refractivity contribution in [2.45, 2.75) is 24.5 Å². The minimum atomic E-state index is -1.33. The molecule has 1 saturated heterocycles. The van der Waals surface area contributed by atoms with E-state index in [4.69, 9.17) is 9.47 Å². The summed E-state index contributed by atoms with van der Waals surface area (Å²) in [5.41, 5.74) is 0. The van der Waals surface area contributed by atoms with Crippen LogP contribution in [0, 0.1) is 0 Å². The molecule has 1 N–H and O–H groups in total. The lowest BCUT2D eigenvalue weighted by Gasteiger charge is -2.36. The first-order valence-electron chi connectivity index (χ1n) is 7.24. The van der Waals surface area contributed by atoms with Gasteiger partial charge in [-0.25, -0.2) is 9.59 Å². The number of thioether (sulfide) groups is 1. The fourth-order valence-corrected chi connectivity index (χ4v) is 4.88. The molecule has 1 aliphatic heterocycles. The number of esters is 2. The van der Waals surface area contributed by atoms with E-state index in [9.17, 15) is 14.4 Å². The lowest BCUT2D eigenvalue weighted by atomic mass is 9.90. The molecule has 2 unspecified atom stereocenters. The second-order valence-corrected chi connectivity index (χ2v) is 7.43. The number of amides is 1. The van der Waals surface area contributed by atoms with Gasteiger partial charge in [0.2, 0.25) is 5.91 Å². The van der Waals surface area contributed by atoms with E-state index in [0.29, 0.717) is 23.8 Å². The van der Waals surface area contributed by atoms with Crippen LogP contribution in [0.2, 0.25) is 0 Å². The first kappa shape index (κ1) is 17.8. The number of carbonyl (C=O) groups excluding carboxylic acids is 3. The Morgan fingerprint density at radius 2 is 2.17 bits per heavy atom. The number of hydrogen-bond donors (Lipinski definition) is 1.